The van der Waals surface area contributed by atoms with Crippen LogP contribution in [0.25, 0.3) is 11.0 Å². The zero-order valence-electron chi connectivity index (χ0n) is 13.8. The van der Waals surface area contributed by atoms with Crippen molar-refractivity contribution in [2.75, 3.05) is 18.0 Å². The highest BCUT2D eigenvalue weighted by Crippen LogP contribution is 2.30. The van der Waals surface area contributed by atoms with Gasteiger partial charge in [0.1, 0.15) is 0 Å². The third-order valence-electron chi connectivity index (χ3n) is 4.49. The fourth-order valence-electron chi connectivity index (χ4n) is 3.18. The van der Waals surface area contributed by atoms with Crippen molar-refractivity contribution in [3.8, 4) is 0 Å². The molecule has 128 valence electrons. The molecule has 2 heterocycles. The summed E-state index contributed by atoms with van der Waals surface area (Å²) >= 11 is 0. The van der Waals surface area contributed by atoms with E-state index in [1.807, 2.05) is 18.2 Å². The molecule has 1 aliphatic heterocycles. The predicted octanol–water partition coefficient (Wildman–Crippen LogP) is 3.45. The Kier molecular flexibility index (Phi) is 4.13. The van der Waals surface area contributed by atoms with Crippen LogP contribution in [0, 0.1) is 0 Å². The van der Waals surface area contributed by atoms with Crippen molar-refractivity contribution >= 4 is 26.7 Å². The largest absolute Gasteiger partial charge is 0.354 e. The van der Waals surface area contributed by atoms with Crippen LogP contribution in [-0.2, 0) is 9.84 Å². The van der Waals surface area contributed by atoms with Crippen molar-refractivity contribution in [3.05, 3.63) is 54.6 Å². The van der Waals surface area contributed by atoms with E-state index in [9.17, 15) is 8.42 Å². The standard InChI is InChI=1S/C19H19N3O2S/c23-25(24,15-9-3-1-4-10-15)19-18(22-13-7-2-8-14-22)20-16-11-5-6-12-17(16)21-19/h1,3-6,9-12H,2,7-8,13-14H2. The maximum atomic E-state index is 13.2. The van der Waals surface area contributed by atoms with Crippen molar-refractivity contribution in [1.29, 1.82) is 0 Å². The number of rotatable bonds is 3. The van der Waals surface area contributed by atoms with E-state index in [0.717, 1.165) is 37.9 Å². The average Bonchev–Trinajstić information content (AvgIpc) is 2.68. The van der Waals surface area contributed by atoms with Crippen LogP contribution < -0.4 is 4.90 Å². The van der Waals surface area contributed by atoms with Crippen LogP contribution in [0.1, 0.15) is 19.3 Å². The summed E-state index contributed by atoms with van der Waals surface area (Å²) in [5.74, 6) is 0.474. The lowest BCUT2D eigenvalue weighted by Gasteiger charge is -2.29. The summed E-state index contributed by atoms with van der Waals surface area (Å²) in [6.07, 6.45) is 3.25. The van der Waals surface area contributed by atoms with Gasteiger partial charge in [0.2, 0.25) is 14.9 Å². The normalized spacial score (nSPS) is 15.4. The third-order valence-corrected chi connectivity index (χ3v) is 6.16. The summed E-state index contributed by atoms with van der Waals surface area (Å²) < 4.78 is 26.4. The van der Waals surface area contributed by atoms with E-state index in [4.69, 9.17) is 0 Å². The molecular weight excluding hydrogens is 334 g/mol. The van der Waals surface area contributed by atoms with Gasteiger partial charge in [0.25, 0.3) is 0 Å². The quantitative estimate of drug-likeness (QED) is 0.722. The number of nitrogens with zero attached hydrogens (tertiary/aromatic N) is 3. The topological polar surface area (TPSA) is 63.2 Å². The molecule has 0 spiro atoms. The van der Waals surface area contributed by atoms with Crippen LogP contribution in [0.3, 0.4) is 0 Å². The van der Waals surface area contributed by atoms with Gasteiger partial charge >= 0.3 is 0 Å². The number of hydrogen-bond acceptors (Lipinski definition) is 5. The number of anilines is 1. The van der Waals surface area contributed by atoms with Gasteiger partial charge in [-0.25, -0.2) is 18.4 Å². The molecule has 5 nitrogen and oxygen atoms in total. The lowest BCUT2D eigenvalue weighted by atomic mass is 10.1. The molecule has 0 aliphatic carbocycles. The summed E-state index contributed by atoms with van der Waals surface area (Å²) in [6, 6.07) is 15.9. The minimum Gasteiger partial charge on any atom is -0.354 e. The lowest BCUT2D eigenvalue weighted by molar-refractivity contribution is 0.563. The highest BCUT2D eigenvalue weighted by atomic mass is 32.2. The molecule has 2 aromatic carbocycles. The van der Waals surface area contributed by atoms with E-state index in [2.05, 4.69) is 14.9 Å². The number of benzene rings is 2. The smallest absolute Gasteiger partial charge is 0.227 e. The second-order valence-corrected chi connectivity index (χ2v) is 8.07. The fourth-order valence-corrected chi connectivity index (χ4v) is 4.55. The maximum Gasteiger partial charge on any atom is 0.227 e. The summed E-state index contributed by atoms with van der Waals surface area (Å²) in [7, 11) is -3.73. The first-order valence-electron chi connectivity index (χ1n) is 8.48. The van der Waals surface area contributed by atoms with Crippen LogP contribution in [0.5, 0.6) is 0 Å². The predicted molar refractivity (Wildman–Crippen MR) is 97.5 cm³/mol. The molecule has 6 heteroatoms. The molecule has 3 aromatic rings. The van der Waals surface area contributed by atoms with Gasteiger partial charge in [-0.1, -0.05) is 30.3 Å². The van der Waals surface area contributed by atoms with Crippen molar-refractivity contribution in [2.45, 2.75) is 29.2 Å². The van der Waals surface area contributed by atoms with Gasteiger partial charge in [0, 0.05) is 13.1 Å². The Balaban J connectivity index is 1.94. The number of hydrogen-bond donors (Lipinski definition) is 0. The number of sulfone groups is 1. The Labute approximate surface area is 147 Å². The molecule has 0 N–H and O–H groups in total. The zero-order chi connectivity index (χ0) is 17.3. The van der Waals surface area contributed by atoms with Gasteiger partial charge in [-0.3, -0.25) is 0 Å². The molecule has 0 radical (unpaired) electrons. The number of para-hydroxylation sites is 2. The molecule has 1 saturated heterocycles. The van der Waals surface area contributed by atoms with Crippen LogP contribution in [-0.4, -0.2) is 31.5 Å². The monoisotopic (exact) mass is 353 g/mol. The van der Waals surface area contributed by atoms with Gasteiger partial charge in [-0.2, -0.15) is 0 Å². The Hall–Kier alpha value is -2.47. The minimum atomic E-state index is -3.73. The molecular formula is C19H19N3O2S. The fraction of sp³-hybridized carbons (Fsp3) is 0.263. The second kappa shape index (κ2) is 6.44. The van der Waals surface area contributed by atoms with E-state index < -0.39 is 9.84 Å². The van der Waals surface area contributed by atoms with Crippen molar-refractivity contribution in [2.24, 2.45) is 0 Å². The van der Waals surface area contributed by atoms with Crippen molar-refractivity contribution in [3.63, 3.8) is 0 Å². The average molecular weight is 353 g/mol. The van der Waals surface area contributed by atoms with Gasteiger partial charge in [0.15, 0.2) is 5.82 Å². The zero-order valence-corrected chi connectivity index (χ0v) is 14.6. The summed E-state index contributed by atoms with van der Waals surface area (Å²) in [5, 5.41) is 0.0549. The SMILES string of the molecule is O=S(=O)(c1ccccc1)c1nc2ccccc2nc1N1CCCCC1. The number of aromatic nitrogens is 2. The molecule has 0 atom stereocenters. The van der Waals surface area contributed by atoms with Crippen LogP contribution in [0.2, 0.25) is 0 Å². The Morgan fingerprint density at radius 1 is 0.760 bits per heavy atom. The Morgan fingerprint density at radius 2 is 1.36 bits per heavy atom. The Bertz CT molecular complexity index is 998. The van der Waals surface area contributed by atoms with Crippen molar-refractivity contribution in [1.82, 2.24) is 9.97 Å². The van der Waals surface area contributed by atoms with E-state index in [1.165, 1.54) is 0 Å². The molecule has 25 heavy (non-hydrogen) atoms. The molecule has 0 saturated carbocycles. The first kappa shape index (κ1) is 16.0. The van der Waals surface area contributed by atoms with E-state index >= 15 is 0 Å². The molecule has 1 aromatic heterocycles. The van der Waals surface area contributed by atoms with Gasteiger partial charge in [0.05, 0.1) is 15.9 Å². The van der Waals surface area contributed by atoms with E-state index in [1.54, 1.807) is 36.4 Å². The highest BCUT2D eigenvalue weighted by molar-refractivity contribution is 7.91. The van der Waals surface area contributed by atoms with Crippen molar-refractivity contribution < 1.29 is 8.42 Å². The molecule has 0 amide bonds. The molecule has 0 bridgehead atoms. The Morgan fingerprint density at radius 3 is 2.04 bits per heavy atom. The van der Waals surface area contributed by atoms with Crippen LogP contribution >= 0.6 is 0 Å². The first-order valence-corrected chi connectivity index (χ1v) is 9.96. The van der Waals surface area contributed by atoms with E-state index in [-0.39, 0.29) is 9.92 Å². The van der Waals surface area contributed by atoms with Crippen LogP contribution in [0.4, 0.5) is 5.82 Å². The summed E-state index contributed by atoms with van der Waals surface area (Å²) in [6.45, 7) is 1.62. The van der Waals surface area contributed by atoms with E-state index in [0.29, 0.717) is 11.3 Å². The maximum absolute atomic E-state index is 13.2. The molecule has 1 fully saturated rings. The van der Waals surface area contributed by atoms with Gasteiger partial charge < -0.3 is 4.90 Å². The lowest BCUT2D eigenvalue weighted by Crippen LogP contribution is -2.32. The second-order valence-electron chi connectivity index (χ2n) is 6.21. The molecule has 0 unspecified atom stereocenters. The van der Waals surface area contributed by atoms with Crippen LogP contribution in [0.15, 0.2) is 64.5 Å². The number of fused-ring (bicyclic) bond motifs is 1. The first-order chi connectivity index (χ1) is 12.2. The molecule has 4 rings (SSSR count). The highest BCUT2D eigenvalue weighted by Gasteiger charge is 2.28. The minimum absolute atomic E-state index is 0.0549. The number of piperidine rings is 1. The third kappa shape index (κ3) is 2.98. The summed E-state index contributed by atoms with van der Waals surface area (Å²) in [5.41, 5.74) is 1.31. The summed E-state index contributed by atoms with van der Waals surface area (Å²) in [4.78, 5) is 11.5. The van der Waals surface area contributed by atoms with Gasteiger partial charge in [-0.15, -0.1) is 0 Å². The molecule has 1 aliphatic rings. The van der Waals surface area contributed by atoms with Gasteiger partial charge in [-0.05, 0) is 43.5 Å².